The molecule has 1 saturated heterocycles. The van der Waals surface area contributed by atoms with Gasteiger partial charge in [-0.15, -0.1) is 0 Å². The standard InChI is InChI=1S/C20H24N2O3/c23-20(21-13-16-11-12-24-14-16)22-19(17-7-3-1-4-8-17)15-25-18-9-5-2-6-10-18/h1-10,16,19H,11-15H2,(H2,21,22,23)/t16-,19+/m0/s1. The van der Waals surface area contributed by atoms with Gasteiger partial charge in [0, 0.05) is 19.1 Å². The van der Waals surface area contributed by atoms with Crippen LogP contribution in [0.1, 0.15) is 18.0 Å². The van der Waals surface area contributed by atoms with Gasteiger partial charge in [-0.05, 0) is 24.1 Å². The maximum Gasteiger partial charge on any atom is 0.315 e. The summed E-state index contributed by atoms with van der Waals surface area (Å²) < 4.78 is 11.2. The molecule has 1 heterocycles. The maximum atomic E-state index is 12.3. The number of para-hydroxylation sites is 1. The van der Waals surface area contributed by atoms with Gasteiger partial charge in [0.05, 0.1) is 12.6 Å². The summed E-state index contributed by atoms with van der Waals surface area (Å²) in [7, 11) is 0. The Kier molecular flexibility index (Phi) is 6.29. The monoisotopic (exact) mass is 340 g/mol. The first-order valence-corrected chi connectivity index (χ1v) is 8.66. The summed E-state index contributed by atoms with van der Waals surface area (Å²) in [6.07, 6.45) is 1.000. The number of hydrogen-bond donors (Lipinski definition) is 2. The van der Waals surface area contributed by atoms with Crippen LogP contribution in [-0.2, 0) is 4.74 Å². The predicted molar refractivity (Wildman–Crippen MR) is 96.6 cm³/mol. The van der Waals surface area contributed by atoms with E-state index in [0.717, 1.165) is 30.9 Å². The lowest BCUT2D eigenvalue weighted by molar-refractivity contribution is 0.184. The van der Waals surface area contributed by atoms with Crippen molar-refractivity contribution < 1.29 is 14.3 Å². The van der Waals surface area contributed by atoms with Gasteiger partial charge in [0.1, 0.15) is 12.4 Å². The van der Waals surface area contributed by atoms with E-state index in [2.05, 4.69) is 10.6 Å². The molecule has 0 spiro atoms. The minimum Gasteiger partial charge on any atom is -0.491 e. The van der Waals surface area contributed by atoms with Crippen molar-refractivity contribution >= 4 is 6.03 Å². The topological polar surface area (TPSA) is 59.6 Å². The van der Waals surface area contributed by atoms with Crippen LogP contribution in [0.15, 0.2) is 60.7 Å². The molecule has 3 rings (SSSR count). The van der Waals surface area contributed by atoms with Crippen molar-refractivity contribution in [1.82, 2.24) is 10.6 Å². The summed E-state index contributed by atoms with van der Waals surface area (Å²) in [5.41, 5.74) is 1.01. The highest BCUT2D eigenvalue weighted by atomic mass is 16.5. The molecule has 2 aromatic rings. The highest BCUT2D eigenvalue weighted by Gasteiger charge is 2.19. The minimum absolute atomic E-state index is 0.183. The summed E-state index contributed by atoms with van der Waals surface area (Å²) in [5.74, 6) is 1.19. The number of benzene rings is 2. The Bertz CT molecular complexity index is 643. The summed E-state index contributed by atoms with van der Waals surface area (Å²) in [6, 6.07) is 19.1. The van der Waals surface area contributed by atoms with Gasteiger partial charge in [-0.3, -0.25) is 0 Å². The molecule has 2 atom stereocenters. The zero-order chi connectivity index (χ0) is 17.3. The van der Waals surface area contributed by atoms with Crippen molar-refractivity contribution in [1.29, 1.82) is 0 Å². The van der Waals surface area contributed by atoms with Crippen molar-refractivity contribution in [2.45, 2.75) is 12.5 Å². The quantitative estimate of drug-likeness (QED) is 0.814. The van der Waals surface area contributed by atoms with Crippen LogP contribution in [0.25, 0.3) is 0 Å². The van der Waals surface area contributed by atoms with Crippen molar-refractivity contribution in [2.75, 3.05) is 26.4 Å². The summed E-state index contributed by atoms with van der Waals surface area (Å²) in [5, 5.41) is 5.95. The van der Waals surface area contributed by atoms with Crippen LogP contribution in [-0.4, -0.2) is 32.4 Å². The van der Waals surface area contributed by atoms with E-state index in [0.29, 0.717) is 19.1 Å². The van der Waals surface area contributed by atoms with Gasteiger partial charge < -0.3 is 20.1 Å². The van der Waals surface area contributed by atoms with E-state index in [1.54, 1.807) is 0 Å². The van der Waals surface area contributed by atoms with Crippen LogP contribution in [0.5, 0.6) is 5.75 Å². The first-order valence-electron chi connectivity index (χ1n) is 8.66. The van der Waals surface area contributed by atoms with E-state index < -0.39 is 0 Å². The van der Waals surface area contributed by atoms with E-state index in [1.807, 2.05) is 60.7 Å². The molecule has 0 aromatic heterocycles. The van der Waals surface area contributed by atoms with Crippen LogP contribution in [0.3, 0.4) is 0 Å². The normalized spacial score (nSPS) is 17.7. The van der Waals surface area contributed by atoms with Gasteiger partial charge >= 0.3 is 6.03 Å². The number of amides is 2. The second-order valence-electron chi connectivity index (χ2n) is 6.17. The average molecular weight is 340 g/mol. The van der Waals surface area contributed by atoms with Crippen LogP contribution < -0.4 is 15.4 Å². The molecule has 1 aliphatic heterocycles. The van der Waals surface area contributed by atoms with Crippen molar-refractivity contribution in [3.8, 4) is 5.75 Å². The highest BCUT2D eigenvalue weighted by molar-refractivity contribution is 5.74. The molecule has 2 N–H and O–H groups in total. The van der Waals surface area contributed by atoms with Crippen LogP contribution in [0.2, 0.25) is 0 Å². The highest BCUT2D eigenvalue weighted by Crippen LogP contribution is 2.16. The fourth-order valence-electron chi connectivity index (χ4n) is 2.79. The van der Waals surface area contributed by atoms with E-state index in [1.165, 1.54) is 0 Å². The molecule has 0 unspecified atom stereocenters. The number of carbonyl (C=O) groups is 1. The molecule has 2 amide bonds. The first-order chi connectivity index (χ1) is 12.3. The Hall–Kier alpha value is -2.53. The third-order valence-electron chi connectivity index (χ3n) is 4.24. The lowest BCUT2D eigenvalue weighted by atomic mass is 10.1. The van der Waals surface area contributed by atoms with E-state index in [9.17, 15) is 4.79 Å². The molecule has 0 radical (unpaired) electrons. The number of nitrogens with one attached hydrogen (secondary N) is 2. The lowest BCUT2D eigenvalue weighted by Crippen LogP contribution is -2.41. The fourth-order valence-corrected chi connectivity index (χ4v) is 2.79. The minimum atomic E-state index is -0.221. The smallest absolute Gasteiger partial charge is 0.315 e. The second-order valence-corrected chi connectivity index (χ2v) is 6.17. The zero-order valence-electron chi connectivity index (χ0n) is 14.2. The Morgan fingerprint density at radius 3 is 2.52 bits per heavy atom. The van der Waals surface area contributed by atoms with Crippen molar-refractivity contribution in [2.24, 2.45) is 5.92 Å². The Labute approximate surface area is 148 Å². The Balaban J connectivity index is 1.56. The second kappa shape index (κ2) is 9.08. The van der Waals surface area contributed by atoms with Gasteiger partial charge in [-0.25, -0.2) is 4.79 Å². The lowest BCUT2D eigenvalue weighted by Gasteiger charge is -2.21. The molecule has 1 aliphatic rings. The summed E-state index contributed by atoms with van der Waals surface area (Å²) in [4.78, 5) is 12.3. The van der Waals surface area contributed by atoms with Gasteiger partial charge in [-0.2, -0.15) is 0 Å². The molecule has 5 heteroatoms. The number of hydrogen-bond acceptors (Lipinski definition) is 3. The largest absolute Gasteiger partial charge is 0.491 e. The third-order valence-corrected chi connectivity index (χ3v) is 4.24. The van der Waals surface area contributed by atoms with Crippen LogP contribution >= 0.6 is 0 Å². The molecule has 25 heavy (non-hydrogen) atoms. The first kappa shape index (κ1) is 17.3. The van der Waals surface area contributed by atoms with Crippen molar-refractivity contribution in [3.05, 3.63) is 66.2 Å². The van der Waals surface area contributed by atoms with E-state index >= 15 is 0 Å². The Morgan fingerprint density at radius 1 is 1.12 bits per heavy atom. The molecular weight excluding hydrogens is 316 g/mol. The molecular formula is C20H24N2O3. The van der Waals surface area contributed by atoms with Gasteiger partial charge in [0.2, 0.25) is 0 Å². The molecule has 1 fully saturated rings. The molecule has 0 bridgehead atoms. The third kappa shape index (κ3) is 5.50. The van der Waals surface area contributed by atoms with Gasteiger partial charge in [0.15, 0.2) is 0 Å². The molecule has 5 nitrogen and oxygen atoms in total. The average Bonchev–Trinajstić information content (AvgIpc) is 3.18. The van der Waals surface area contributed by atoms with Crippen molar-refractivity contribution in [3.63, 3.8) is 0 Å². The number of carbonyl (C=O) groups excluding carboxylic acids is 1. The zero-order valence-corrected chi connectivity index (χ0v) is 14.2. The number of rotatable bonds is 7. The summed E-state index contributed by atoms with van der Waals surface area (Å²) in [6.45, 7) is 2.51. The fraction of sp³-hybridized carbons (Fsp3) is 0.350. The summed E-state index contributed by atoms with van der Waals surface area (Å²) >= 11 is 0. The molecule has 0 aliphatic carbocycles. The predicted octanol–water partition coefficient (Wildman–Crippen LogP) is 3.14. The van der Waals surface area contributed by atoms with Crippen LogP contribution in [0, 0.1) is 5.92 Å². The number of urea groups is 1. The number of ether oxygens (including phenoxy) is 2. The Morgan fingerprint density at radius 2 is 1.84 bits per heavy atom. The maximum absolute atomic E-state index is 12.3. The van der Waals surface area contributed by atoms with Crippen LogP contribution in [0.4, 0.5) is 4.79 Å². The van der Waals surface area contributed by atoms with E-state index in [4.69, 9.17) is 9.47 Å². The van der Waals surface area contributed by atoms with Gasteiger partial charge in [-0.1, -0.05) is 48.5 Å². The SMILES string of the molecule is O=C(NC[C@@H]1CCOC1)N[C@H](COc1ccccc1)c1ccccc1. The molecule has 0 saturated carbocycles. The van der Waals surface area contributed by atoms with Gasteiger partial charge in [0.25, 0.3) is 0 Å². The van der Waals surface area contributed by atoms with E-state index in [-0.39, 0.29) is 12.1 Å². The molecule has 132 valence electrons. The molecule has 2 aromatic carbocycles.